The first-order valence-electron chi connectivity index (χ1n) is 6.14. The molecule has 110 valence electrons. The molecule has 0 aliphatic carbocycles. The van der Waals surface area contributed by atoms with Crippen LogP contribution in [0.15, 0.2) is 33.7 Å². The molecule has 1 heterocycles. The maximum absolute atomic E-state index is 13.4. The SMILES string of the molecule is CCc1cn(-c2cc(F)ccc2Br)nc(C(=O)OC)c1=O. The van der Waals surface area contributed by atoms with Crippen LogP contribution in [0.25, 0.3) is 5.69 Å². The van der Waals surface area contributed by atoms with Gasteiger partial charge in [0.15, 0.2) is 0 Å². The highest BCUT2D eigenvalue weighted by atomic mass is 79.9. The molecule has 1 aromatic heterocycles. The largest absolute Gasteiger partial charge is 0.464 e. The number of carbonyl (C=O) groups excluding carboxylic acids is 1. The molecule has 0 saturated carbocycles. The summed E-state index contributed by atoms with van der Waals surface area (Å²) in [5.74, 6) is -1.28. The standard InChI is InChI=1S/C14H12BrFN2O3/c1-3-8-7-18(11-6-9(16)4-5-10(11)15)17-12(13(8)19)14(20)21-2/h4-7H,3H2,1-2H3. The molecule has 0 amide bonds. The van der Waals surface area contributed by atoms with Crippen LogP contribution >= 0.6 is 15.9 Å². The fourth-order valence-corrected chi connectivity index (χ4v) is 2.24. The zero-order valence-electron chi connectivity index (χ0n) is 11.4. The molecule has 5 nitrogen and oxygen atoms in total. The van der Waals surface area contributed by atoms with Crippen LogP contribution in [-0.4, -0.2) is 22.9 Å². The number of aromatic nitrogens is 2. The average molecular weight is 355 g/mol. The predicted octanol–water partition coefficient (Wildman–Crippen LogP) is 2.48. The predicted molar refractivity (Wildman–Crippen MR) is 78.2 cm³/mol. The Hall–Kier alpha value is -2.02. The van der Waals surface area contributed by atoms with Gasteiger partial charge in [-0.05, 0) is 34.5 Å². The fraction of sp³-hybridized carbons (Fsp3) is 0.214. The van der Waals surface area contributed by atoms with Gasteiger partial charge < -0.3 is 4.74 Å². The van der Waals surface area contributed by atoms with Crippen molar-refractivity contribution in [1.82, 2.24) is 9.78 Å². The molecule has 0 unspecified atom stereocenters. The van der Waals surface area contributed by atoms with Crippen molar-refractivity contribution in [3.63, 3.8) is 0 Å². The molecule has 0 fully saturated rings. The summed E-state index contributed by atoms with van der Waals surface area (Å²) in [6, 6.07) is 4.06. The molecule has 0 N–H and O–H groups in total. The van der Waals surface area contributed by atoms with Crippen LogP contribution in [0.3, 0.4) is 0 Å². The lowest BCUT2D eigenvalue weighted by molar-refractivity contribution is 0.0590. The third-order valence-corrected chi connectivity index (χ3v) is 3.58. The average Bonchev–Trinajstić information content (AvgIpc) is 2.49. The minimum Gasteiger partial charge on any atom is -0.464 e. The zero-order chi connectivity index (χ0) is 15.6. The van der Waals surface area contributed by atoms with Gasteiger partial charge in [-0.2, -0.15) is 5.10 Å². The van der Waals surface area contributed by atoms with Crippen molar-refractivity contribution < 1.29 is 13.9 Å². The molecule has 0 atom stereocenters. The summed E-state index contributed by atoms with van der Waals surface area (Å²) in [4.78, 5) is 23.7. The van der Waals surface area contributed by atoms with Crippen LogP contribution in [-0.2, 0) is 11.2 Å². The topological polar surface area (TPSA) is 61.2 Å². The number of aryl methyl sites for hydroxylation is 1. The van der Waals surface area contributed by atoms with E-state index in [1.807, 2.05) is 0 Å². The van der Waals surface area contributed by atoms with Crippen LogP contribution in [0.2, 0.25) is 0 Å². The Bertz CT molecular complexity index is 758. The van der Waals surface area contributed by atoms with Gasteiger partial charge in [0, 0.05) is 22.3 Å². The van der Waals surface area contributed by atoms with E-state index in [0.717, 1.165) is 0 Å². The number of halogens is 2. The van der Waals surface area contributed by atoms with E-state index in [0.29, 0.717) is 22.1 Å². The number of esters is 1. The van der Waals surface area contributed by atoms with Crippen LogP contribution in [0.1, 0.15) is 23.0 Å². The summed E-state index contributed by atoms with van der Waals surface area (Å²) < 4.78 is 19.8. The lowest BCUT2D eigenvalue weighted by atomic mass is 10.2. The second-order valence-corrected chi connectivity index (χ2v) is 5.07. The highest BCUT2D eigenvalue weighted by Gasteiger charge is 2.18. The number of nitrogens with zero attached hydrogens (tertiary/aromatic N) is 2. The molecule has 7 heteroatoms. The van der Waals surface area contributed by atoms with Gasteiger partial charge in [0.05, 0.1) is 12.8 Å². The Morgan fingerprint density at radius 3 is 2.81 bits per heavy atom. The Balaban J connectivity index is 2.72. The minimum atomic E-state index is -0.823. The van der Waals surface area contributed by atoms with E-state index in [1.54, 1.807) is 6.92 Å². The molecule has 2 rings (SSSR count). The van der Waals surface area contributed by atoms with Crippen LogP contribution < -0.4 is 5.43 Å². The summed E-state index contributed by atoms with van der Waals surface area (Å²) in [6.45, 7) is 1.78. The number of rotatable bonds is 3. The first-order valence-corrected chi connectivity index (χ1v) is 6.93. The van der Waals surface area contributed by atoms with E-state index >= 15 is 0 Å². The maximum Gasteiger partial charge on any atom is 0.362 e. The number of methoxy groups -OCH3 is 1. The van der Waals surface area contributed by atoms with Crippen molar-refractivity contribution in [3.05, 3.63) is 56.2 Å². The number of ether oxygens (including phenoxy) is 1. The maximum atomic E-state index is 13.4. The molecule has 0 bridgehead atoms. The van der Waals surface area contributed by atoms with Crippen molar-refractivity contribution >= 4 is 21.9 Å². The van der Waals surface area contributed by atoms with E-state index in [2.05, 4.69) is 25.8 Å². The van der Waals surface area contributed by atoms with Crippen molar-refractivity contribution in [2.45, 2.75) is 13.3 Å². The van der Waals surface area contributed by atoms with Gasteiger partial charge in [0.1, 0.15) is 5.82 Å². The van der Waals surface area contributed by atoms with E-state index < -0.39 is 17.2 Å². The number of hydrogen-bond acceptors (Lipinski definition) is 4. The van der Waals surface area contributed by atoms with Gasteiger partial charge in [-0.1, -0.05) is 6.92 Å². The molecule has 0 saturated heterocycles. The van der Waals surface area contributed by atoms with E-state index in [-0.39, 0.29) is 5.69 Å². The molecular formula is C14H12BrFN2O3. The first kappa shape index (κ1) is 15.4. The Labute approximate surface area is 128 Å². The lowest BCUT2D eigenvalue weighted by Crippen LogP contribution is -2.25. The fourth-order valence-electron chi connectivity index (χ4n) is 1.81. The summed E-state index contributed by atoms with van der Waals surface area (Å²) in [5, 5.41) is 3.96. The van der Waals surface area contributed by atoms with Crippen LogP contribution in [0.4, 0.5) is 4.39 Å². The Kier molecular flexibility index (Phi) is 4.52. The third kappa shape index (κ3) is 3.02. The van der Waals surface area contributed by atoms with Gasteiger partial charge >= 0.3 is 5.97 Å². The molecule has 1 aromatic carbocycles. The quantitative estimate of drug-likeness (QED) is 0.794. The van der Waals surface area contributed by atoms with Crippen LogP contribution in [0, 0.1) is 5.82 Å². The van der Waals surface area contributed by atoms with E-state index in [9.17, 15) is 14.0 Å². The highest BCUT2D eigenvalue weighted by Crippen LogP contribution is 2.21. The van der Waals surface area contributed by atoms with Crippen molar-refractivity contribution in [1.29, 1.82) is 0 Å². The van der Waals surface area contributed by atoms with Crippen LogP contribution in [0.5, 0.6) is 0 Å². The second kappa shape index (κ2) is 6.17. The van der Waals surface area contributed by atoms with Gasteiger partial charge in [0.25, 0.3) is 0 Å². The monoisotopic (exact) mass is 354 g/mol. The van der Waals surface area contributed by atoms with Crippen molar-refractivity contribution in [2.75, 3.05) is 7.11 Å². The van der Waals surface area contributed by atoms with Crippen molar-refractivity contribution in [2.24, 2.45) is 0 Å². The first-order chi connectivity index (χ1) is 9.97. The van der Waals surface area contributed by atoms with Crippen molar-refractivity contribution in [3.8, 4) is 5.69 Å². The second-order valence-electron chi connectivity index (χ2n) is 4.22. The molecule has 0 aliphatic rings. The molecule has 0 aliphatic heterocycles. The number of benzene rings is 1. The lowest BCUT2D eigenvalue weighted by Gasteiger charge is -2.11. The van der Waals surface area contributed by atoms with Gasteiger partial charge in [-0.3, -0.25) is 4.79 Å². The Morgan fingerprint density at radius 2 is 2.19 bits per heavy atom. The summed E-state index contributed by atoms with van der Waals surface area (Å²) >= 11 is 3.29. The summed E-state index contributed by atoms with van der Waals surface area (Å²) in [7, 11) is 1.17. The Morgan fingerprint density at radius 1 is 1.48 bits per heavy atom. The smallest absolute Gasteiger partial charge is 0.362 e. The summed E-state index contributed by atoms with van der Waals surface area (Å²) in [5.41, 5.74) is -0.0300. The number of carbonyl (C=O) groups is 1. The molecular weight excluding hydrogens is 343 g/mol. The van der Waals surface area contributed by atoms with Gasteiger partial charge in [-0.25, -0.2) is 13.9 Å². The van der Waals surface area contributed by atoms with E-state index in [4.69, 9.17) is 0 Å². The highest BCUT2D eigenvalue weighted by molar-refractivity contribution is 9.10. The molecule has 0 radical (unpaired) electrons. The third-order valence-electron chi connectivity index (χ3n) is 2.91. The molecule has 21 heavy (non-hydrogen) atoms. The molecule has 0 spiro atoms. The van der Waals surface area contributed by atoms with Gasteiger partial charge in [-0.15, -0.1) is 0 Å². The number of hydrogen-bond donors (Lipinski definition) is 0. The zero-order valence-corrected chi connectivity index (χ0v) is 13.0. The minimum absolute atomic E-state index is 0.326. The van der Waals surface area contributed by atoms with Gasteiger partial charge in [0.2, 0.25) is 11.1 Å². The normalized spacial score (nSPS) is 10.5. The molecule has 2 aromatic rings. The van der Waals surface area contributed by atoms with E-state index in [1.165, 1.54) is 36.2 Å². The summed E-state index contributed by atoms with van der Waals surface area (Å²) in [6.07, 6.45) is 1.90.